The van der Waals surface area contributed by atoms with E-state index in [1.165, 1.54) is 25.0 Å². The molecule has 10 heteroatoms. The first kappa shape index (κ1) is 27.9. The van der Waals surface area contributed by atoms with Gasteiger partial charge in [-0.2, -0.15) is 5.10 Å². The topological polar surface area (TPSA) is 63.3 Å². The predicted molar refractivity (Wildman–Crippen MR) is 122 cm³/mol. The number of nitrogens with zero attached hydrogens (tertiary/aromatic N) is 3. The Morgan fingerprint density at radius 2 is 1.71 bits per heavy atom. The molecule has 192 valence electrons. The quantitative estimate of drug-likeness (QED) is 0.226. The molecule has 0 aliphatic rings. The Balaban J connectivity index is 1.96. The molecule has 0 aliphatic heterocycles. The molecule has 2 heterocycles. The van der Waals surface area contributed by atoms with Crippen LogP contribution in [0.3, 0.4) is 0 Å². The van der Waals surface area contributed by atoms with Gasteiger partial charge in [-0.05, 0) is 51.1 Å². The minimum absolute atomic E-state index is 0.0326. The lowest BCUT2D eigenvalue weighted by molar-refractivity contribution is 0.0897. The van der Waals surface area contributed by atoms with Crippen molar-refractivity contribution in [1.82, 2.24) is 20.0 Å². The van der Waals surface area contributed by atoms with Crippen LogP contribution in [-0.2, 0) is 6.54 Å². The van der Waals surface area contributed by atoms with Gasteiger partial charge in [-0.1, -0.05) is 39.5 Å². The second kappa shape index (κ2) is 14.1. The summed E-state index contributed by atoms with van der Waals surface area (Å²) in [5.74, 6) is -0.210. The Bertz CT molecular complexity index is 859. The molecular weight excluding hydrogens is 452 g/mol. The first-order valence-electron chi connectivity index (χ1n) is 12.0. The smallest absolute Gasteiger partial charge is 0.287 e. The van der Waals surface area contributed by atoms with Gasteiger partial charge in [-0.15, -0.1) is 0 Å². The highest BCUT2D eigenvalue weighted by Gasteiger charge is 2.22. The van der Waals surface area contributed by atoms with E-state index in [-0.39, 0.29) is 24.1 Å². The highest BCUT2D eigenvalue weighted by molar-refractivity contribution is 5.91. The maximum absolute atomic E-state index is 13.2. The van der Waals surface area contributed by atoms with Crippen molar-refractivity contribution < 1.29 is 26.8 Å². The number of hydrogen-bond donors (Lipinski definition) is 1. The number of amides is 1. The van der Waals surface area contributed by atoms with E-state index in [9.17, 15) is 22.4 Å². The van der Waals surface area contributed by atoms with Crippen LogP contribution in [-0.4, -0.2) is 46.3 Å². The summed E-state index contributed by atoms with van der Waals surface area (Å²) in [7, 11) is 0. The average molecular weight is 489 g/mol. The number of carbonyl (C=O) groups is 1. The Labute approximate surface area is 198 Å². The summed E-state index contributed by atoms with van der Waals surface area (Å²) in [5, 5.41) is 6.46. The fourth-order valence-electron chi connectivity index (χ4n) is 3.79. The van der Waals surface area contributed by atoms with E-state index in [0.717, 1.165) is 43.5 Å². The highest BCUT2D eigenvalue weighted by atomic mass is 19.3. The van der Waals surface area contributed by atoms with Crippen LogP contribution in [0, 0.1) is 0 Å². The van der Waals surface area contributed by atoms with Gasteiger partial charge in [0.2, 0.25) is 0 Å². The SMILES string of the molecule is CCCCCN(CCCCC)CC(C)NC(=O)c1ccc(Cn2nc(C(F)F)cc2C(F)F)o1. The molecule has 0 radical (unpaired) electrons. The van der Waals surface area contributed by atoms with E-state index in [1.807, 2.05) is 6.92 Å². The van der Waals surface area contributed by atoms with Gasteiger partial charge in [0.25, 0.3) is 18.8 Å². The lowest BCUT2D eigenvalue weighted by atomic mass is 10.2. The minimum atomic E-state index is -2.96. The molecule has 2 rings (SSSR count). The second-order valence-corrected chi connectivity index (χ2v) is 8.61. The zero-order valence-electron chi connectivity index (χ0n) is 20.2. The molecule has 0 spiro atoms. The summed E-state index contributed by atoms with van der Waals surface area (Å²) in [6, 6.07) is 3.47. The molecule has 6 nitrogen and oxygen atoms in total. The number of unbranched alkanes of at least 4 members (excludes halogenated alkanes) is 4. The molecule has 1 atom stereocenters. The first-order valence-corrected chi connectivity index (χ1v) is 12.0. The molecule has 0 aliphatic carbocycles. The minimum Gasteiger partial charge on any atom is -0.454 e. The number of hydrogen-bond acceptors (Lipinski definition) is 4. The van der Waals surface area contributed by atoms with Crippen molar-refractivity contribution in [1.29, 1.82) is 0 Å². The van der Waals surface area contributed by atoms with Crippen LogP contribution in [0.4, 0.5) is 17.6 Å². The van der Waals surface area contributed by atoms with Crippen molar-refractivity contribution in [2.45, 2.75) is 84.7 Å². The fourth-order valence-corrected chi connectivity index (χ4v) is 3.79. The third-order valence-electron chi connectivity index (χ3n) is 5.53. The molecule has 1 unspecified atom stereocenters. The average Bonchev–Trinajstić information content (AvgIpc) is 3.42. The van der Waals surface area contributed by atoms with Crippen LogP contribution in [0.1, 0.15) is 99.8 Å². The Hall–Kier alpha value is -2.36. The van der Waals surface area contributed by atoms with Crippen molar-refractivity contribution in [3.05, 3.63) is 41.1 Å². The number of nitrogens with one attached hydrogen (secondary N) is 1. The third kappa shape index (κ3) is 8.77. The van der Waals surface area contributed by atoms with Gasteiger partial charge in [-0.3, -0.25) is 9.48 Å². The molecule has 1 amide bonds. The molecule has 2 aromatic heterocycles. The number of furan rings is 1. The van der Waals surface area contributed by atoms with Crippen molar-refractivity contribution in [3.8, 4) is 0 Å². The third-order valence-corrected chi connectivity index (χ3v) is 5.53. The van der Waals surface area contributed by atoms with Crippen LogP contribution in [0.15, 0.2) is 22.6 Å². The number of carbonyl (C=O) groups excluding carboxylic acids is 1. The van der Waals surface area contributed by atoms with E-state index in [4.69, 9.17) is 4.42 Å². The van der Waals surface area contributed by atoms with Gasteiger partial charge >= 0.3 is 0 Å². The standard InChI is InChI=1S/C24H36F4N4O2/c1-4-6-8-12-31(13-9-7-5-2)15-17(3)29-24(33)21-11-10-18(34-21)16-32-20(23(27)28)14-19(30-32)22(25)26/h10-11,14,17,22-23H,4-9,12-13,15-16H2,1-3H3,(H,29,33). The van der Waals surface area contributed by atoms with Crippen LogP contribution in [0.5, 0.6) is 0 Å². The van der Waals surface area contributed by atoms with Crippen molar-refractivity contribution >= 4 is 5.91 Å². The summed E-state index contributed by atoms with van der Waals surface area (Å²) >= 11 is 0. The summed E-state index contributed by atoms with van der Waals surface area (Å²) in [5.41, 5.74) is -1.35. The van der Waals surface area contributed by atoms with Gasteiger partial charge in [0.1, 0.15) is 17.1 Å². The Kier molecular flexibility index (Phi) is 11.6. The van der Waals surface area contributed by atoms with Gasteiger partial charge in [0.05, 0.1) is 6.54 Å². The molecule has 0 saturated heterocycles. The molecule has 0 aromatic carbocycles. The van der Waals surface area contributed by atoms with Crippen LogP contribution in [0.25, 0.3) is 0 Å². The lowest BCUT2D eigenvalue weighted by Gasteiger charge is -2.26. The zero-order valence-corrected chi connectivity index (χ0v) is 20.2. The first-order chi connectivity index (χ1) is 16.2. The number of rotatable bonds is 16. The predicted octanol–water partition coefficient (Wildman–Crippen LogP) is 6.20. The lowest BCUT2D eigenvalue weighted by Crippen LogP contribution is -2.42. The van der Waals surface area contributed by atoms with Crippen LogP contribution >= 0.6 is 0 Å². The van der Waals surface area contributed by atoms with E-state index >= 15 is 0 Å². The van der Waals surface area contributed by atoms with Crippen molar-refractivity contribution in [3.63, 3.8) is 0 Å². The summed E-state index contributed by atoms with van der Waals surface area (Å²) in [6.07, 6.45) is 0.953. The molecule has 0 bridgehead atoms. The molecule has 34 heavy (non-hydrogen) atoms. The molecule has 0 fully saturated rings. The van der Waals surface area contributed by atoms with Crippen molar-refractivity contribution in [2.24, 2.45) is 0 Å². The van der Waals surface area contributed by atoms with Gasteiger partial charge in [0, 0.05) is 12.6 Å². The largest absolute Gasteiger partial charge is 0.454 e. The summed E-state index contributed by atoms with van der Waals surface area (Å²) in [4.78, 5) is 15.0. The number of halogens is 4. The Morgan fingerprint density at radius 1 is 1.06 bits per heavy atom. The van der Waals surface area contributed by atoms with E-state index in [0.29, 0.717) is 12.6 Å². The molecule has 1 N–H and O–H groups in total. The summed E-state index contributed by atoms with van der Waals surface area (Å²) < 4.78 is 58.4. The van der Waals surface area contributed by atoms with E-state index in [1.54, 1.807) is 0 Å². The summed E-state index contributed by atoms with van der Waals surface area (Å²) in [6.45, 7) is 8.67. The van der Waals surface area contributed by atoms with Gasteiger partial charge < -0.3 is 14.6 Å². The molecule has 0 saturated carbocycles. The van der Waals surface area contributed by atoms with Crippen LogP contribution < -0.4 is 5.32 Å². The molecule has 2 aromatic rings. The van der Waals surface area contributed by atoms with Gasteiger partial charge in [-0.25, -0.2) is 17.6 Å². The maximum atomic E-state index is 13.2. The number of aromatic nitrogens is 2. The maximum Gasteiger partial charge on any atom is 0.287 e. The number of alkyl halides is 4. The Morgan fingerprint density at radius 3 is 2.26 bits per heavy atom. The van der Waals surface area contributed by atoms with Crippen molar-refractivity contribution in [2.75, 3.05) is 19.6 Å². The monoisotopic (exact) mass is 488 g/mol. The normalized spacial score (nSPS) is 12.8. The highest BCUT2D eigenvalue weighted by Crippen LogP contribution is 2.26. The molecular formula is C24H36F4N4O2. The zero-order chi connectivity index (χ0) is 25.1. The van der Waals surface area contributed by atoms with Crippen LogP contribution in [0.2, 0.25) is 0 Å². The fraction of sp³-hybridized carbons (Fsp3) is 0.667. The van der Waals surface area contributed by atoms with Gasteiger partial charge in [0.15, 0.2) is 5.76 Å². The second-order valence-electron chi connectivity index (χ2n) is 8.61. The van der Waals surface area contributed by atoms with E-state index < -0.39 is 30.1 Å². The van der Waals surface area contributed by atoms with E-state index in [2.05, 4.69) is 29.2 Å².